The van der Waals surface area contributed by atoms with E-state index in [4.69, 9.17) is 0 Å². The molecule has 0 heteroatoms. The summed E-state index contributed by atoms with van der Waals surface area (Å²) in [6.07, 6.45) is 0. The van der Waals surface area contributed by atoms with Gasteiger partial charge in [0.1, 0.15) is 0 Å². The third-order valence-corrected chi connectivity index (χ3v) is 13.2. The summed E-state index contributed by atoms with van der Waals surface area (Å²) in [7, 11) is 0. The van der Waals surface area contributed by atoms with Crippen molar-refractivity contribution in [2.75, 3.05) is 0 Å². The lowest BCUT2D eigenvalue weighted by atomic mass is 9.70. The summed E-state index contributed by atoms with van der Waals surface area (Å²) in [6.45, 7) is 0. The van der Waals surface area contributed by atoms with Gasteiger partial charge in [-0.2, -0.15) is 0 Å². The molecule has 13 rings (SSSR count). The molecule has 57 heavy (non-hydrogen) atoms. The van der Waals surface area contributed by atoms with E-state index in [2.05, 4.69) is 206 Å². The number of benzene rings is 11. The molecule has 0 amide bonds. The van der Waals surface area contributed by atoms with Crippen LogP contribution < -0.4 is 0 Å². The van der Waals surface area contributed by atoms with E-state index in [-0.39, 0.29) is 0 Å². The first kappa shape index (κ1) is 31.0. The Hall–Kier alpha value is -7.28. The van der Waals surface area contributed by atoms with E-state index < -0.39 is 5.41 Å². The van der Waals surface area contributed by atoms with E-state index in [0.717, 1.165) is 0 Å². The van der Waals surface area contributed by atoms with Crippen molar-refractivity contribution in [3.05, 3.63) is 229 Å². The second-order valence-electron chi connectivity index (χ2n) is 15.9. The molecule has 0 fully saturated rings. The maximum atomic E-state index is 2.56. The zero-order chi connectivity index (χ0) is 37.2. The van der Waals surface area contributed by atoms with Gasteiger partial charge < -0.3 is 0 Å². The number of hydrogen-bond acceptors (Lipinski definition) is 0. The molecule has 2 aliphatic rings. The Morgan fingerprint density at radius 1 is 0.228 bits per heavy atom. The van der Waals surface area contributed by atoms with Crippen LogP contribution in [0.1, 0.15) is 22.3 Å². The van der Waals surface area contributed by atoms with Crippen molar-refractivity contribution in [1.82, 2.24) is 0 Å². The highest BCUT2D eigenvalue weighted by atomic mass is 14.5. The Labute approximate surface area is 330 Å². The molecule has 11 aromatic carbocycles. The van der Waals surface area contributed by atoms with Crippen LogP contribution in [0.5, 0.6) is 0 Å². The minimum atomic E-state index is -0.451. The molecule has 262 valence electrons. The Bertz CT molecular complexity index is 3480. The molecule has 0 aromatic heterocycles. The van der Waals surface area contributed by atoms with Gasteiger partial charge in [-0.15, -0.1) is 0 Å². The first-order chi connectivity index (χ1) is 28.3. The summed E-state index contributed by atoms with van der Waals surface area (Å²) < 4.78 is 0. The van der Waals surface area contributed by atoms with Gasteiger partial charge in [0.05, 0.1) is 5.41 Å². The summed E-state index contributed by atoms with van der Waals surface area (Å²) >= 11 is 0. The van der Waals surface area contributed by atoms with E-state index in [0.29, 0.717) is 0 Å². The predicted molar refractivity (Wildman–Crippen MR) is 241 cm³/mol. The lowest BCUT2D eigenvalue weighted by Gasteiger charge is -2.31. The largest absolute Gasteiger partial charge is 0.0725 e. The molecule has 0 N–H and O–H groups in total. The van der Waals surface area contributed by atoms with Gasteiger partial charge in [0, 0.05) is 0 Å². The van der Waals surface area contributed by atoms with Crippen LogP contribution in [0, 0.1) is 0 Å². The Balaban J connectivity index is 1.21. The molecule has 0 heterocycles. The van der Waals surface area contributed by atoms with Crippen molar-refractivity contribution in [1.29, 1.82) is 0 Å². The summed E-state index contributed by atoms with van der Waals surface area (Å²) in [5.41, 5.74) is 15.4. The number of hydrogen-bond donors (Lipinski definition) is 0. The lowest BCUT2D eigenvalue weighted by Crippen LogP contribution is -2.25. The predicted octanol–water partition coefficient (Wildman–Crippen LogP) is 15.1. The fraction of sp³-hybridized carbons (Fsp3) is 0.0175. The zero-order valence-electron chi connectivity index (χ0n) is 31.1. The van der Waals surface area contributed by atoms with Crippen molar-refractivity contribution in [3.8, 4) is 44.5 Å². The molecule has 2 aliphatic carbocycles. The molecule has 0 aliphatic heterocycles. The Kier molecular flexibility index (Phi) is 6.19. The monoisotopic (exact) mass is 718 g/mol. The summed E-state index contributed by atoms with van der Waals surface area (Å²) in [4.78, 5) is 0. The summed E-state index contributed by atoms with van der Waals surface area (Å²) in [6, 6.07) is 77.8. The fourth-order valence-corrected chi connectivity index (χ4v) is 11.0. The second kappa shape index (κ2) is 11.4. The van der Waals surface area contributed by atoms with Crippen molar-refractivity contribution in [3.63, 3.8) is 0 Å². The average molecular weight is 719 g/mol. The van der Waals surface area contributed by atoms with Crippen LogP contribution in [-0.4, -0.2) is 0 Å². The number of fused-ring (bicyclic) bond motifs is 16. The van der Waals surface area contributed by atoms with Crippen molar-refractivity contribution < 1.29 is 0 Å². The van der Waals surface area contributed by atoms with E-state index in [9.17, 15) is 0 Å². The molecule has 0 unspecified atom stereocenters. The maximum absolute atomic E-state index is 2.56. The molecule has 11 aromatic rings. The maximum Gasteiger partial charge on any atom is 0.0725 e. The third-order valence-electron chi connectivity index (χ3n) is 13.2. The fourth-order valence-electron chi connectivity index (χ4n) is 11.0. The molecular weight excluding hydrogens is 685 g/mol. The van der Waals surface area contributed by atoms with Crippen LogP contribution in [0.15, 0.2) is 206 Å². The number of rotatable bonds is 2. The van der Waals surface area contributed by atoms with E-state index in [1.165, 1.54) is 121 Å². The van der Waals surface area contributed by atoms with Gasteiger partial charge >= 0.3 is 0 Å². The molecule has 0 saturated carbocycles. The van der Waals surface area contributed by atoms with Crippen molar-refractivity contribution in [2.45, 2.75) is 5.41 Å². The topological polar surface area (TPSA) is 0 Å². The standard InChI is InChI=1S/C57H34/c1-4-18-40-35(14-1)17-13-24-46(40)55-43-30-29-38(54-42-20-6-3-16-37(42)33-49-41-19-5-2-15-36(41)28-31-47(49)54)32-39(43)34-53-56(55)48-23-9-12-27-52(48)57(53)50-25-10-7-21-44(50)45-22-8-11-26-51(45)57/h1-34H. The van der Waals surface area contributed by atoms with Crippen LogP contribution in [0.25, 0.3) is 98.4 Å². The molecule has 0 saturated heterocycles. The van der Waals surface area contributed by atoms with E-state index in [1.54, 1.807) is 0 Å². The average Bonchev–Trinajstić information content (AvgIpc) is 3.74. The summed E-state index contributed by atoms with van der Waals surface area (Å²) in [5, 5.41) is 12.7. The summed E-state index contributed by atoms with van der Waals surface area (Å²) in [5.74, 6) is 0. The normalized spacial score (nSPS) is 13.4. The first-order valence-corrected chi connectivity index (χ1v) is 20.0. The molecule has 0 bridgehead atoms. The van der Waals surface area contributed by atoms with Gasteiger partial charge in [-0.25, -0.2) is 0 Å². The highest BCUT2D eigenvalue weighted by Crippen LogP contribution is 2.65. The van der Waals surface area contributed by atoms with Gasteiger partial charge in [-0.05, 0) is 139 Å². The minimum Gasteiger partial charge on any atom is -0.0619 e. The van der Waals surface area contributed by atoms with Crippen molar-refractivity contribution in [2.24, 2.45) is 0 Å². The highest BCUT2D eigenvalue weighted by Gasteiger charge is 2.52. The van der Waals surface area contributed by atoms with Gasteiger partial charge in [0.25, 0.3) is 0 Å². The van der Waals surface area contributed by atoms with E-state index in [1.807, 2.05) is 0 Å². The van der Waals surface area contributed by atoms with Gasteiger partial charge in [0.15, 0.2) is 0 Å². The molecular formula is C57H34. The quantitative estimate of drug-likeness (QED) is 0.123. The van der Waals surface area contributed by atoms with Crippen LogP contribution in [-0.2, 0) is 5.41 Å². The smallest absolute Gasteiger partial charge is 0.0619 e. The van der Waals surface area contributed by atoms with Gasteiger partial charge in [0.2, 0.25) is 0 Å². The lowest BCUT2D eigenvalue weighted by molar-refractivity contribution is 0.795. The molecule has 1 spiro atoms. The highest BCUT2D eigenvalue weighted by molar-refractivity contribution is 6.21. The third kappa shape index (κ3) is 4.02. The Morgan fingerprint density at radius 3 is 1.51 bits per heavy atom. The zero-order valence-corrected chi connectivity index (χ0v) is 31.1. The van der Waals surface area contributed by atoms with Crippen LogP contribution in [0.3, 0.4) is 0 Å². The van der Waals surface area contributed by atoms with Crippen LogP contribution in [0.4, 0.5) is 0 Å². The molecule has 0 radical (unpaired) electrons. The molecule has 0 atom stereocenters. The van der Waals surface area contributed by atoms with Crippen LogP contribution >= 0.6 is 0 Å². The SMILES string of the molecule is c1ccc2c(c1)-c1ccccc1C21c2ccccc2-c2c1cc1cc(-c3c4ccccc4cc4c3ccc3ccccc34)ccc1c2-c1cccc2ccccc12. The Morgan fingerprint density at radius 2 is 0.754 bits per heavy atom. The minimum absolute atomic E-state index is 0.451. The van der Waals surface area contributed by atoms with Gasteiger partial charge in [-0.1, -0.05) is 188 Å². The second-order valence-corrected chi connectivity index (χ2v) is 15.9. The van der Waals surface area contributed by atoms with Gasteiger partial charge in [-0.3, -0.25) is 0 Å². The van der Waals surface area contributed by atoms with Crippen molar-refractivity contribution >= 4 is 53.9 Å². The first-order valence-electron chi connectivity index (χ1n) is 20.0. The van der Waals surface area contributed by atoms with Crippen LogP contribution in [0.2, 0.25) is 0 Å². The van der Waals surface area contributed by atoms with E-state index >= 15 is 0 Å². The molecule has 0 nitrogen and oxygen atoms in total.